The minimum absolute atomic E-state index is 1.05. The highest BCUT2D eigenvalue weighted by molar-refractivity contribution is 9.10. The summed E-state index contributed by atoms with van der Waals surface area (Å²) in [5.74, 6) is 0. The Bertz CT molecular complexity index is 281. The van der Waals surface area contributed by atoms with Crippen molar-refractivity contribution < 1.29 is 0 Å². The molecule has 0 fully saturated rings. The summed E-state index contributed by atoms with van der Waals surface area (Å²) in [6, 6.07) is 9.84. The summed E-state index contributed by atoms with van der Waals surface area (Å²) in [6.45, 7) is 2.05. The van der Waals surface area contributed by atoms with Crippen LogP contribution in [0.2, 0.25) is 0 Å². The number of hydrogen-bond donors (Lipinski definition) is 0. The van der Waals surface area contributed by atoms with Crippen molar-refractivity contribution >= 4 is 15.9 Å². The van der Waals surface area contributed by atoms with Gasteiger partial charge < -0.3 is 0 Å². The normalized spacial score (nSPS) is 8.83. The maximum atomic E-state index is 4.02. The lowest BCUT2D eigenvalue weighted by molar-refractivity contribution is 1.34. The van der Waals surface area contributed by atoms with Gasteiger partial charge in [0, 0.05) is 16.9 Å². The SMILES string of the molecule is Cc1cccncccc(Br)c1. The number of rotatable bonds is 0. The van der Waals surface area contributed by atoms with E-state index in [0.717, 1.165) is 4.47 Å². The van der Waals surface area contributed by atoms with Crippen molar-refractivity contribution in [3.05, 3.63) is 52.8 Å². The van der Waals surface area contributed by atoms with Crippen LogP contribution in [-0.4, -0.2) is 4.98 Å². The zero-order chi connectivity index (χ0) is 8.81. The van der Waals surface area contributed by atoms with Gasteiger partial charge in [0.25, 0.3) is 0 Å². The molecule has 0 bridgehead atoms. The Morgan fingerprint density at radius 3 is 2.58 bits per heavy atom. The van der Waals surface area contributed by atoms with Gasteiger partial charge >= 0.3 is 0 Å². The minimum Gasteiger partial charge on any atom is -0.265 e. The molecule has 0 saturated carbocycles. The molecule has 0 aliphatic heterocycles. The van der Waals surface area contributed by atoms with Crippen molar-refractivity contribution in [2.24, 2.45) is 0 Å². The lowest BCUT2D eigenvalue weighted by Crippen LogP contribution is -1.65. The summed E-state index contributed by atoms with van der Waals surface area (Å²) in [5, 5.41) is 0. The number of nitrogens with zero attached hydrogens (tertiary/aromatic N) is 1. The minimum atomic E-state index is 1.05. The van der Waals surface area contributed by atoms with Crippen molar-refractivity contribution in [1.82, 2.24) is 4.98 Å². The molecule has 1 heterocycles. The van der Waals surface area contributed by atoms with Crippen molar-refractivity contribution in [1.29, 1.82) is 0 Å². The Morgan fingerprint density at radius 2 is 1.83 bits per heavy atom. The van der Waals surface area contributed by atoms with E-state index in [1.807, 2.05) is 31.2 Å². The van der Waals surface area contributed by atoms with Gasteiger partial charge in [-0.15, -0.1) is 0 Å². The molecule has 0 N–H and O–H groups in total. The molecule has 1 aromatic rings. The fourth-order valence-electron chi connectivity index (χ4n) is 0.793. The third-order valence-electron chi connectivity index (χ3n) is 1.32. The van der Waals surface area contributed by atoms with Crippen molar-refractivity contribution in [2.75, 3.05) is 0 Å². The standard InChI is InChI=1S/C10H10BrN/c1-9-4-2-6-12-7-3-5-10(11)8-9/h2-8H,1H3. The van der Waals surface area contributed by atoms with Crippen LogP contribution >= 0.6 is 15.9 Å². The third-order valence-corrected chi connectivity index (χ3v) is 1.82. The molecule has 2 heteroatoms. The molecule has 0 atom stereocenters. The molecule has 0 aliphatic rings. The van der Waals surface area contributed by atoms with E-state index in [1.165, 1.54) is 5.56 Å². The van der Waals surface area contributed by atoms with Crippen LogP contribution in [0.15, 0.2) is 47.2 Å². The van der Waals surface area contributed by atoms with E-state index in [4.69, 9.17) is 0 Å². The van der Waals surface area contributed by atoms with Gasteiger partial charge in [-0.25, -0.2) is 0 Å². The first kappa shape index (κ1) is 9.20. The predicted molar refractivity (Wildman–Crippen MR) is 54.3 cm³/mol. The number of aromatic nitrogens is 1. The van der Waals surface area contributed by atoms with E-state index in [1.54, 1.807) is 12.4 Å². The first-order chi connectivity index (χ1) is 5.79. The van der Waals surface area contributed by atoms with E-state index in [9.17, 15) is 0 Å². The van der Waals surface area contributed by atoms with Gasteiger partial charge in [-0.1, -0.05) is 22.0 Å². The summed E-state index contributed by atoms with van der Waals surface area (Å²) in [7, 11) is 0. The Hall–Kier alpha value is -0.890. The Morgan fingerprint density at radius 1 is 1.17 bits per heavy atom. The second kappa shape index (κ2) is 4.88. The van der Waals surface area contributed by atoms with Crippen LogP contribution < -0.4 is 0 Å². The second-order valence-electron chi connectivity index (χ2n) is 2.44. The molecule has 1 rings (SSSR count). The molecular formula is C10H10BrN. The molecule has 0 unspecified atom stereocenters. The van der Waals surface area contributed by atoms with Gasteiger partial charge in [-0.05, 0) is 36.8 Å². The molecule has 0 saturated heterocycles. The zero-order valence-corrected chi connectivity index (χ0v) is 8.45. The lowest BCUT2D eigenvalue weighted by Gasteiger charge is -1.85. The molecule has 0 aromatic carbocycles. The number of aryl methyl sites for hydroxylation is 1. The molecule has 12 heavy (non-hydrogen) atoms. The van der Waals surface area contributed by atoms with Crippen LogP contribution in [0, 0.1) is 6.92 Å². The van der Waals surface area contributed by atoms with Crippen molar-refractivity contribution in [3.63, 3.8) is 0 Å². The molecule has 1 nitrogen and oxygen atoms in total. The van der Waals surface area contributed by atoms with Crippen LogP contribution in [0.3, 0.4) is 0 Å². The highest BCUT2D eigenvalue weighted by Crippen LogP contribution is 2.06. The van der Waals surface area contributed by atoms with Crippen LogP contribution in [0.5, 0.6) is 0 Å². The largest absolute Gasteiger partial charge is 0.265 e. The first-order valence-corrected chi connectivity index (χ1v) is 4.49. The average molecular weight is 224 g/mol. The number of hydrogen-bond acceptors (Lipinski definition) is 1. The van der Waals surface area contributed by atoms with Crippen LogP contribution in [0.4, 0.5) is 0 Å². The van der Waals surface area contributed by atoms with Crippen molar-refractivity contribution in [2.45, 2.75) is 6.92 Å². The fraction of sp³-hybridized carbons (Fsp3) is 0.100. The van der Waals surface area contributed by atoms with Gasteiger partial charge in [0.05, 0.1) is 0 Å². The summed E-state index contributed by atoms with van der Waals surface area (Å²) < 4.78 is 1.05. The van der Waals surface area contributed by atoms with Gasteiger partial charge in [-0.2, -0.15) is 0 Å². The van der Waals surface area contributed by atoms with E-state index in [0.29, 0.717) is 0 Å². The molecule has 0 spiro atoms. The lowest BCUT2D eigenvalue weighted by atomic mass is 10.3. The quantitative estimate of drug-likeness (QED) is 0.658. The van der Waals surface area contributed by atoms with E-state index in [-0.39, 0.29) is 0 Å². The first-order valence-electron chi connectivity index (χ1n) is 3.69. The van der Waals surface area contributed by atoms with Gasteiger partial charge in [0.1, 0.15) is 0 Å². The van der Waals surface area contributed by atoms with Crippen LogP contribution in [0.1, 0.15) is 5.56 Å². The van der Waals surface area contributed by atoms with Crippen LogP contribution in [-0.2, 0) is 0 Å². The van der Waals surface area contributed by atoms with Gasteiger partial charge in [0.2, 0.25) is 0 Å². The topological polar surface area (TPSA) is 12.9 Å². The van der Waals surface area contributed by atoms with Crippen LogP contribution in [0.25, 0.3) is 0 Å². The fourth-order valence-corrected chi connectivity index (χ4v) is 1.31. The monoisotopic (exact) mass is 223 g/mol. The molecule has 0 amide bonds. The maximum absolute atomic E-state index is 4.02. The average Bonchev–Trinajstić information content (AvgIpc) is 2.02. The Kier molecular flexibility index (Phi) is 3.74. The van der Waals surface area contributed by atoms with Gasteiger partial charge in [0.15, 0.2) is 0 Å². The molecule has 0 radical (unpaired) electrons. The zero-order valence-electron chi connectivity index (χ0n) is 6.87. The molecule has 1 aromatic heterocycles. The van der Waals surface area contributed by atoms with Crippen molar-refractivity contribution in [3.8, 4) is 0 Å². The molecular weight excluding hydrogens is 214 g/mol. The van der Waals surface area contributed by atoms with Gasteiger partial charge in [-0.3, -0.25) is 4.98 Å². The van der Waals surface area contributed by atoms with E-state index < -0.39 is 0 Å². The maximum Gasteiger partial charge on any atom is 0.0268 e. The second-order valence-corrected chi connectivity index (χ2v) is 3.35. The summed E-state index contributed by atoms with van der Waals surface area (Å²) >= 11 is 3.42. The molecule has 0 aliphatic carbocycles. The number of halogens is 1. The van der Waals surface area contributed by atoms with E-state index >= 15 is 0 Å². The smallest absolute Gasteiger partial charge is 0.0268 e. The third kappa shape index (κ3) is 3.49. The highest BCUT2D eigenvalue weighted by Gasteiger charge is 1.79. The predicted octanol–water partition coefficient (Wildman–Crippen LogP) is 3.28. The summed E-state index contributed by atoms with van der Waals surface area (Å²) in [5.41, 5.74) is 1.19. The highest BCUT2D eigenvalue weighted by atomic mass is 79.9. The van der Waals surface area contributed by atoms with E-state index in [2.05, 4.69) is 27.0 Å². The summed E-state index contributed by atoms with van der Waals surface area (Å²) in [6.07, 6.45) is 3.51. The Labute approximate surface area is 80.9 Å². The molecule has 62 valence electrons. The Balaban J connectivity index is 3.23. The summed E-state index contributed by atoms with van der Waals surface area (Å²) in [4.78, 5) is 4.02.